The van der Waals surface area contributed by atoms with Gasteiger partial charge < -0.3 is 19.5 Å². The van der Waals surface area contributed by atoms with Gasteiger partial charge in [-0.15, -0.1) is 0 Å². The fourth-order valence-corrected chi connectivity index (χ4v) is 4.54. The minimum absolute atomic E-state index is 0.0501. The van der Waals surface area contributed by atoms with Crippen LogP contribution < -0.4 is 15.0 Å². The van der Waals surface area contributed by atoms with E-state index < -0.39 is 11.6 Å². The summed E-state index contributed by atoms with van der Waals surface area (Å²) in [6.07, 6.45) is 3.43. The summed E-state index contributed by atoms with van der Waals surface area (Å²) in [4.78, 5) is 10.6. The van der Waals surface area contributed by atoms with Crippen LogP contribution in [0.25, 0.3) is 11.3 Å². The first-order valence-electron chi connectivity index (χ1n) is 11.4. The third-order valence-electron chi connectivity index (χ3n) is 6.27. The van der Waals surface area contributed by atoms with Gasteiger partial charge in [0.25, 0.3) is 0 Å². The van der Waals surface area contributed by atoms with Crippen LogP contribution in [0.2, 0.25) is 0 Å². The molecule has 0 aliphatic carbocycles. The van der Waals surface area contributed by atoms with Crippen molar-refractivity contribution in [1.29, 1.82) is 0 Å². The highest BCUT2D eigenvalue weighted by Gasteiger charge is 2.26. The van der Waals surface area contributed by atoms with E-state index in [2.05, 4.69) is 20.4 Å². The maximum Gasteiger partial charge on any atom is 0.178 e. The number of aromatic nitrogens is 3. The average Bonchev–Trinajstić information content (AvgIpc) is 3.29. The van der Waals surface area contributed by atoms with Crippen LogP contribution in [0.15, 0.2) is 28.9 Å². The molecule has 5 rings (SSSR count). The maximum absolute atomic E-state index is 14.9. The Morgan fingerprint density at radius 1 is 1.15 bits per heavy atom. The van der Waals surface area contributed by atoms with Crippen molar-refractivity contribution in [1.82, 2.24) is 20.4 Å². The lowest BCUT2D eigenvalue weighted by Crippen LogP contribution is -2.38. The molecule has 2 aliphatic rings. The van der Waals surface area contributed by atoms with Crippen molar-refractivity contribution in [3.8, 4) is 17.0 Å². The second-order valence-corrected chi connectivity index (χ2v) is 8.84. The predicted octanol–water partition coefficient (Wildman–Crippen LogP) is 4.07. The molecule has 0 bridgehead atoms. The van der Waals surface area contributed by atoms with Gasteiger partial charge in [-0.1, -0.05) is 5.16 Å². The zero-order chi connectivity index (χ0) is 22.9. The first-order chi connectivity index (χ1) is 16.0. The molecule has 33 heavy (non-hydrogen) atoms. The molecule has 9 heteroatoms. The second-order valence-electron chi connectivity index (χ2n) is 8.84. The summed E-state index contributed by atoms with van der Waals surface area (Å²) in [6, 6.07) is 5.07. The molecule has 2 aromatic heterocycles. The van der Waals surface area contributed by atoms with Crippen molar-refractivity contribution >= 4 is 5.69 Å². The van der Waals surface area contributed by atoms with Crippen LogP contribution >= 0.6 is 0 Å². The standard InChI is InChI=1S/C24H27F2N5O2/c1-14(2)31-7-8-32-24-18(25)9-16(10-21(24)31)23-19(26)13-28-22(29-23)12-17-11-20(30-33-17)15-3-5-27-6-4-15/h9-11,13-15,27H,3-8,12H2,1-2H3. The van der Waals surface area contributed by atoms with Gasteiger partial charge in [0.05, 0.1) is 30.5 Å². The van der Waals surface area contributed by atoms with Gasteiger partial charge in [-0.25, -0.2) is 18.7 Å². The molecule has 0 amide bonds. The molecule has 1 aromatic carbocycles. The van der Waals surface area contributed by atoms with Crippen LogP contribution in [-0.2, 0) is 6.42 Å². The summed E-state index contributed by atoms with van der Waals surface area (Å²) in [7, 11) is 0. The van der Waals surface area contributed by atoms with Gasteiger partial charge in [0, 0.05) is 23.6 Å². The van der Waals surface area contributed by atoms with Crippen molar-refractivity contribution in [2.24, 2.45) is 0 Å². The molecule has 174 valence electrons. The first-order valence-corrected chi connectivity index (χ1v) is 11.4. The number of anilines is 1. The minimum Gasteiger partial charge on any atom is -0.486 e. The second kappa shape index (κ2) is 9.05. The van der Waals surface area contributed by atoms with Gasteiger partial charge in [0.15, 0.2) is 17.4 Å². The highest BCUT2D eigenvalue weighted by Crippen LogP contribution is 2.39. The third-order valence-corrected chi connectivity index (χ3v) is 6.27. The molecule has 0 atom stereocenters. The largest absolute Gasteiger partial charge is 0.486 e. The van der Waals surface area contributed by atoms with Gasteiger partial charge >= 0.3 is 0 Å². The summed E-state index contributed by atoms with van der Waals surface area (Å²) in [6.45, 7) is 7.03. The highest BCUT2D eigenvalue weighted by molar-refractivity contribution is 5.72. The Bertz CT molecular complexity index is 1140. The Morgan fingerprint density at radius 3 is 2.76 bits per heavy atom. The smallest absolute Gasteiger partial charge is 0.178 e. The molecule has 0 saturated carbocycles. The van der Waals surface area contributed by atoms with E-state index >= 15 is 0 Å². The van der Waals surface area contributed by atoms with Gasteiger partial charge in [0.1, 0.15) is 23.9 Å². The van der Waals surface area contributed by atoms with E-state index in [1.54, 1.807) is 6.07 Å². The third kappa shape index (κ3) is 4.42. The summed E-state index contributed by atoms with van der Waals surface area (Å²) < 4.78 is 40.6. The summed E-state index contributed by atoms with van der Waals surface area (Å²) >= 11 is 0. The number of rotatable bonds is 5. The molecule has 1 N–H and O–H groups in total. The molecule has 1 fully saturated rings. The number of piperidine rings is 1. The number of benzene rings is 1. The lowest BCUT2D eigenvalue weighted by atomic mass is 9.94. The Kier molecular flexibility index (Phi) is 5.97. The monoisotopic (exact) mass is 455 g/mol. The topological polar surface area (TPSA) is 76.3 Å². The van der Waals surface area contributed by atoms with Gasteiger partial charge in [-0.05, 0) is 51.9 Å². The molecule has 0 unspecified atom stereocenters. The van der Waals surface area contributed by atoms with E-state index in [9.17, 15) is 8.78 Å². The number of fused-ring (bicyclic) bond motifs is 1. The Morgan fingerprint density at radius 2 is 1.97 bits per heavy atom. The maximum atomic E-state index is 14.9. The lowest BCUT2D eigenvalue weighted by molar-refractivity contribution is 0.287. The van der Waals surface area contributed by atoms with E-state index in [1.165, 1.54) is 6.07 Å². The van der Waals surface area contributed by atoms with Gasteiger partial charge in [0.2, 0.25) is 0 Å². The Balaban J connectivity index is 1.43. The normalized spacial score (nSPS) is 16.7. The number of nitrogens with one attached hydrogen (secondary N) is 1. The van der Waals surface area contributed by atoms with Crippen LogP contribution in [0.1, 0.15) is 49.9 Å². The van der Waals surface area contributed by atoms with E-state index in [1.807, 2.05) is 24.8 Å². The number of ether oxygens (including phenoxy) is 1. The molecule has 1 saturated heterocycles. The van der Waals surface area contributed by atoms with E-state index in [0.29, 0.717) is 41.9 Å². The van der Waals surface area contributed by atoms with E-state index in [4.69, 9.17) is 9.26 Å². The molecule has 7 nitrogen and oxygen atoms in total. The molecule has 0 spiro atoms. The summed E-state index contributed by atoms with van der Waals surface area (Å²) in [5, 5.41) is 7.56. The summed E-state index contributed by atoms with van der Waals surface area (Å²) in [5.41, 5.74) is 1.93. The highest BCUT2D eigenvalue weighted by atomic mass is 19.1. The zero-order valence-electron chi connectivity index (χ0n) is 18.8. The zero-order valence-corrected chi connectivity index (χ0v) is 18.8. The van der Waals surface area contributed by atoms with Crippen molar-refractivity contribution in [3.63, 3.8) is 0 Å². The van der Waals surface area contributed by atoms with Crippen LogP contribution in [0.3, 0.4) is 0 Å². The van der Waals surface area contributed by atoms with Crippen molar-refractivity contribution < 1.29 is 18.0 Å². The number of nitrogens with zero attached hydrogens (tertiary/aromatic N) is 4. The van der Waals surface area contributed by atoms with Crippen molar-refractivity contribution in [3.05, 3.63) is 53.3 Å². The molecular formula is C24H27F2N5O2. The molecule has 3 aromatic rings. The quantitative estimate of drug-likeness (QED) is 0.621. The fourth-order valence-electron chi connectivity index (χ4n) is 4.54. The van der Waals surface area contributed by atoms with E-state index in [-0.39, 0.29) is 23.9 Å². The average molecular weight is 456 g/mol. The lowest BCUT2D eigenvalue weighted by Gasteiger charge is -2.34. The van der Waals surface area contributed by atoms with E-state index in [0.717, 1.165) is 37.8 Å². The molecular weight excluding hydrogens is 428 g/mol. The minimum atomic E-state index is -0.612. The first kappa shape index (κ1) is 21.8. The molecule has 2 aliphatic heterocycles. The number of halogens is 2. The Labute approximate surface area is 191 Å². The SMILES string of the molecule is CC(C)N1CCOc2c(F)cc(-c3nc(Cc4cc(C5CCNCC5)no4)ncc3F)cc21. The summed E-state index contributed by atoms with van der Waals surface area (Å²) in [5.74, 6) is 0.429. The number of hydrogen-bond acceptors (Lipinski definition) is 7. The van der Waals surface area contributed by atoms with Crippen LogP contribution in [0.5, 0.6) is 5.75 Å². The van der Waals surface area contributed by atoms with Gasteiger partial charge in [-0.3, -0.25) is 0 Å². The molecule has 4 heterocycles. The number of hydrogen-bond donors (Lipinski definition) is 1. The van der Waals surface area contributed by atoms with Crippen LogP contribution in [0, 0.1) is 11.6 Å². The molecule has 0 radical (unpaired) electrons. The van der Waals surface area contributed by atoms with Crippen LogP contribution in [-0.4, -0.2) is 47.4 Å². The van der Waals surface area contributed by atoms with Gasteiger partial charge in [-0.2, -0.15) is 0 Å². The Hall–Kier alpha value is -3.07. The van der Waals surface area contributed by atoms with Crippen LogP contribution in [0.4, 0.5) is 14.5 Å². The van der Waals surface area contributed by atoms with Crippen molar-refractivity contribution in [2.75, 3.05) is 31.1 Å². The van der Waals surface area contributed by atoms with Crippen molar-refractivity contribution in [2.45, 2.75) is 45.1 Å². The fraction of sp³-hybridized carbons (Fsp3) is 0.458. The predicted molar refractivity (Wildman–Crippen MR) is 120 cm³/mol.